The minimum atomic E-state index is -0.665. The molecule has 1 heterocycles. The van der Waals surface area contributed by atoms with Gasteiger partial charge in [-0.25, -0.2) is 9.18 Å². The Morgan fingerprint density at radius 3 is 2.28 bits per heavy atom. The van der Waals surface area contributed by atoms with Crippen LogP contribution in [0.5, 0.6) is 0 Å². The zero-order valence-electron chi connectivity index (χ0n) is 15.7. The number of esters is 1. The van der Waals surface area contributed by atoms with Gasteiger partial charge in [0.05, 0.1) is 10.5 Å². The number of aromatic nitrogens is 1. The molecular formula is C21H17FN2O5. The van der Waals surface area contributed by atoms with Crippen molar-refractivity contribution < 1.29 is 23.6 Å². The highest BCUT2D eigenvalue weighted by atomic mass is 19.1. The van der Waals surface area contributed by atoms with Gasteiger partial charge in [-0.05, 0) is 56.3 Å². The molecule has 0 atom stereocenters. The number of carbonyl (C=O) groups excluding carboxylic acids is 2. The molecule has 3 aromatic rings. The number of Topliss-reactive ketones (excluding diaryl/α,β-unsaturated/α-hetero) is 1. The molecule has 0 fully saturated rings. The largest absolute Gasteiger partial charge is 0.454 e. The van der Waals surface area contributed by atoms with Crippen LogP contribution in [-0.4, -0.2) is 27.8 Å². The van der Waals surface area contributed by atoms with Crippen LogP contribution in [0.4, 0.5) is 10.1 Å². The molecule has 0 unspecified atom stereocenters. The highest BCUT2D eigenvalue weighted by Gasteiger charge is 2.19. The van der Waals surface area contributed by atoms with E-state index in [2.05, 4.69) is 0 Å². The Morgan fingerprint density at radius 2 is 1.69 bits per heavy atom. The molecule has 0 amide bonds. The van der Waals surface area contributed by atoms with Gasteiger partial charge in [0.25, 0.3) is 5.69 Å². The third-order valence-electron chi connectivity index (χ3n) is 4.47. The van der Waals surface area contributed by atoms with Crippen LogP contribution < -0.4 is 0 Å². The highest BCUT2D eigenvalue weighted by Crippen LogP contribution is 2.22. The van der Waals surface area contributed by atoms with Crippen LogP contribution in [0.1, 0.15) is 32.1 Å². The molecule has 0 spiro atoms. The lowest BCUT2D eigenvalue weighted by Crippen LogP contribution is -2.15. The first-order valence-corrected chi connectivity index (χ1v) is 8.67. The fraction of sp³-hybridized carbons (Fsp3) is 0.143. The molecule has 0 saturated heterocycles. The maximum absolute atomic E-state index is 13.2. The van der Waals surface area contributed by atoms with Crippen LogP contribution in [-0.2, 0) is 4.74 Å². The average Bonchev–Trinajstić information content (AvgIpc) is 3.01. The number of halogens is 1. The van der Waals surface area contributed by atoms with E-state index in [4.69, 9.17) is 4.74 Å². The number of nitro benzene ring substituents is 1. The zero-order chi connectivity index (χ0) is 21.1. The summed E-state index contributed by atoms with van der Waals surface area (Å²) in [5.41, 5.74) is 2.42. The van der Waals surface area contributed by atoms with Gasteiger partial charge in [-0.15, -0.1) is 0 Å². The molecule has 8 heteroatoms. The third-order valence-corrected chi connectivity index (χ3v) is 4.47. The second kappa shape index (κ2) is 8.05. The number of rotatable bonds is 6. The second-order valence-corrected chi connectivity index (χ2v) is 6.40. The van der Waals surface area contributed by atoms with E-state index in [0.29, 0.717) is 16.9 Å². The normalized spacial score (nSPS) is 10.6. The summed E-state index contributed by atoms with van der Waals surface area (Å²) in [6.45, 7) is 3.04. The number of hydrogen-bond donors (Lipinski definition) is 0. The first kappa shape index (κ1) is 19.9. The van der Waals surface area contributed by atoms with Gasteiger partial charge in [-0.3, -0.25) is 14.9 Å². The first-order valence-electron chi connectivity index (χ1n) is 8.67. The zero-order valence-corrected chi connectivity index (χ0v) is 15.7. The van der Waals surface area contributed by atoms with Crippen LogP contribution in [0.3, 0.4) is 0 Å². The number of nitrogens with zero attached hydrogens (tertiary/aromatic N) is 2. The Hall–Kier alpha value is -3.81. The van der Waals surface area contributed by atoms with Gasteiger partial charge in [-0.1, -0.05) is 0 Å². The number of nitro groups is 1. The molecule has 0 N–H and O–H groups in total. The summed E-state index contributed by atoms with van der Waals surface area (Å²) in [5, 5.41) is 10.7. The van der Waals surface area contributed by atoms with E-state index in [1.165, 1.54) is 36.4 Å². The van der Waals surface area contributed by atoms with Gasteiger partial charge in [0.15, 0.2) is 12.4 Å². The summed E-state index contributed by atoms with van der Waals surface area (Å²) in [6.07, 6.45) is 0. The van der Waals surface area contributed by atoms with Gasteiger partial charge < -0.3 is 9.30 Å². The van der Waals surface area contributed by atoms with Gasteiger partial charge in [-0.2, -0.15) is 0 Å². The molecule has 3 rings (SSSR count). The topological polar surface area (TPSA) is 91.4 Å². The number of carbonyl (C=O) groups is 2. The number of hydrogen-bond acceptors (Lipinski definition) is 5. The lowest BCUT2D eigenvalue weighted by molar-refractivity contribution is -0.384. The minimum Gasteiger partial charge on any atom is -0.454 e. The lowest BCUT2D eigenvalue weighted by Gasteiger charge is -2.10. The quantitative estimate of drug-likeness (QED) is 0.270. The first-order chi connectivity index (χ1) is 13.8. The molecule has 0 aliphatic rings. The Labute approximate surface area is 165 Å². The molecule has 0 saturated carbocycles. The Balaban J connectivity index is 1.72. The van der Waals surface area contributed by atoms with Crippen LogP contribution in [0, 0.1) is 29.8 Å². The smallest absolute Gasteiger partial charge is 0.340 e. The summed E-state index contributed by atoms with van der Waals surface area (Å²) >= 11 is 0. The summed E-state index contributed by atoms with van der Waals surface area (Å²) in [4.78, 5) is 34.7. The van der Waals surface area contributed by atoms with E-state index in [1.54, 1.807) is 36.6 Å². The SMILES string of the molecule is Cc1cc(C(=O)OCC(=O)c2ccc([N+](=O)[O-])cc2)c(C)n1-c1ccc(F)cc1. The van der Waals surface area contributed by atoms with Crippen molar-refractivity contribution in [2.24, 2.45) is 0 Å². The number of aryl methyl sites for hydroxylation is 1. The summed E-state index contributed by atoms with van der Waals surface area (Å²) in [5.74, 6) is -1.50. The molecule has 0 aliphatic carbocycles. The maximum atomic E-state index is 13.2. The maximum Gasteiger partial charge on any atom is 0.340 e. The Bertz CT molecular complexity index is 1090. The molecule has 29 heavy (non-hydrogen) atoms. The molecule has 0 aliphatic heterocycles. The number of ketones is 1. The van der Waals surface area contributed by atoms with Gasteiger partial charge in [0.2, 0.25) is 0 Å². The van der Waals surface area contributed by atoms with Crippen LogP contribution in [0.25, 0.3) is 5.69 Å². The van der Waals surface area contributed by atoms with Crippen LogP contribution in [0.15, 0.2) is 54.6 Å². The standard InChI is InChI=1S/C21H17FN2O5/c1-13-11-19(14(2)23(13)17-9-5-16(22)6-10-17)21(26)29-12-20(25)15-3-7-18(8-4-15)24(27)28/h3-11H,12H2,1-2H3. The van der Waals surface area contributed by atoms with E-state index >= 15 is 0 Å². The number of non-ortho nitro benzene ring substituents is 1. The van der Waals surface area contributed by atoms with Crippen molar-refractivity contribution in [3.63, 3.8) is 0 Å². The van der Waals surface area contributed by atoms with Crippen molar-refractivity contribution in [3.8, 4) is 5.69 Å². The van der Waals surface area contributed by atoms with Crippen LogP contribution in [0.2, 0.25) is 0 Å². The molecule has 7 nitrogen and oxygen atoms in total. The van der Waals surface area contributed by atoms with E-state index < -0.39 is 23.3 Å². The fourth-order valence-electron chi connectivity index (χ4n) is 3.02. The molecule has 2 aromatic carbocycles. The van der Waals surface area contributed by atoms with Gasteiger partial charge in [0, 0.05) is 34.8 Å². The van der Waals surface area contributed by atoms with Crippen molar-refractivity contribution in [3.05, 3.63) is 93.0 Å². The molecule has 0 bridgehead atoms. The average molecular weight is 396 g/mol. The highest BCUT2D eigenvalue weighted by molar-refractivity contribution is 5.99. The van der Waals surface area contributed by atoms with E-state index in [1.807, 2.05) is 0 Å². The van der Waals surface area contributed by atoms with Crippen molar-refractivity contribution in [2.75, 3.05) is 6.61 Å². The molecule has 148 valence electrons. The van der Waals surface area contributed by atoms with Crippen molar-refractivity contribution in [1.29, 1.82) is 0 Å². The van der Waals surface area contributed by atoms with E-state index in [9.17, 15) is 24.1 Å². The molecule has 1 aromatic heterocycles. The number of benzene rings is 2. The van der Waals surface area contributed by atoms with Crippen molar-refractivity contribution in [2.45, 2.75) is 13.8 Å². The van der Waals surface area contributed by atoms with Gasteiger partial charge >= 0.3 is 5.97 Å². The Kier molecular flexibility index (Phi) is 5.54. The van der Waals surface area contributed by atoms with Crippen LogP contribution >= 0.6 is 0 Å². The predicted octanol–water partition coefficient (Wildman–Crippen LogP) is 4.18. The summed E-state index contributed by atoms with van der Waals surface area (Å²) in [7, 11) is 0. The summed E-state index contributed by atoms with van der Waals surface area (Å²) < 4.78 is 20.1. The van der Waals surface area contributed by atoms with E-state index in [-0.39, 0.29) is 17.1 Å². The third kappa shape index (κ3) is 4.21. The lowest BCUT2D eigenvalue weighted by atomic mass is 10.1. The molecular weight excluding hydrogens is 379 g/mol. The predicted molar refractivity (Wildman–Crippen MR) is 103 cm³/mol. The minimum absolute atomic E-state index is 0.133. The molecule has 0 radical (unpaired) electrons. The van der Waals surface area contributed by atoms with Crippen molar-refractivity contribution >= 4 is 17.4 Å². The van der Waals surface area contributed by atoms with Crippen molar-refractivity contribution in [1.82, 2.24) is 4.57 Å². The van der Waals surface area contributed by atoms with Gasteiger partial charge in [0.1, 0.15) is 5.82 Å². The number of ether oxygens (including phenoxy) is 1. The summed E-state index contributed by atoms with van der Waals surface area (Å²) in [6, 6.07) is 12.5. The second-order valence-electron chi connectivity index (χ2n) is 6.40. The fourth-order valence-corrected chi connectivity index (χ4v) is 3.02. The monoisotopic (exact) mass is 396 g/mol. The van der Waals surface area contributed by atoms with E-state index in [0.717, 1.165) is 5.69 Å². The Morgan fingerprint density at radius 1 is 1.07 bits per heavy atom.